The van der Waals surface area contributed by atoms with Gasteiger partial charge in [0, 0.05) is 56.1 Å². The molecule has 0 atom stereocenters. The summed E-state index contributed by atoms with van der Waals surface area (Å²) >= 11 is 0. The number of fused-ring (bicyclic) bond motifs is 3. The first kappa shape index (κ1) is 33.9. The van der Waals surface area contributed by atoms with Gasteiger partial charge < -0.3 is 20.4 Å². The van der Waals surface area contributed by atoms with Gasteiger partial charge in [-0.1, -0.05) is 30.3 Å². The SMILES string of the molecule is Cn1nccc1C(=O)N1Cc2ccccc2-c2nc(NCc3cccnc3)ncc2C1.O=C(O)C(F)(F)F.O=C(O)C(F)(F)F. The minimum absolute atomic E-state index is 0.0681. The van der Waals surface area contributed by atoms with Crippen molar-refractivity contribution in [3.8, 4) is 11.3 Å². The van der Waals surface area contributed by atoms with Gasteiger partial charge in [0.2, 0.25) is 5.95 Å². The van der Waals surface area contributed by atoms with Crippen LogP contribution in [-0.2, 0) is 36.3 Å². The van der Waals surface area contributed by atoms with Gasteiger partial charge in [0.15, 0.2) is 0 Å². The number of hydrogen-bond acceptors (Lipinski definition) is 8. The first-order valence-electron chi connectivity index (χ1n) is 12.5. The van der Waals surface area contributed by atoms with Gasteiger partial charge in [0.25, 0.3) is 5.91 Å². The number of anilines is 1. The number of aromatic nitrogens is 5. The predicted molar refractivity (Wildman–Crippen MR) is 143 cm³/mol. The molecule has 1 aliphatic heterocycles. The number of carboxylic acid groups (broad SMARTS) is 2. The second-order valence-corrected chi connectivity index (χ2v) is 9.05. The molecule has 5 rings (SSSR count). The number of hydrogen-bond donors (Lipinski definition) is 3. The van der Waals surface area contributed by atoms with Gasteiger partial charge in [0.05, 0.1) is 12.2 Å². The molecule has 3 N–H and O–H groups in total. The molecule has 0 fully saturated rings. The lowest BCUT2D eigenvalue weighted by atomic mass is 10.0. The molecule has 12 nitrogen and oxygen atoms in total. The summed E-state index contributed by atoms with van der Waals surface area (Å²) < 4.78 is 65.1. The number of nitrogens with one attached hydrogen (secondary N) is 1. The molecular formula is C27H23F6N7O5. The first-order valence-corrected chi connectivity index (χ1v) is 12.5. The van der Waals surface area contributed by atoms with Gasteiger partial charge >= 0.3 is 24.3 Å². The Morgan fingerprint density at radius 1 is 0.867 bits per heavy atom. The highest BCUT2D eigenvalue weighted by Gasteiger charge is 2.39. The number of rotatable bonds is 4. The van der Waals surface area contributed by atoms with E-state index in [0.717, 1.165) is 27.9 Å². The molecule has 45 heavy (non-hydrogen) atoms. The molecule has 0 spiro atoms. The van der Waals surface area contributed by atoms with Crippen LogP contribution in [0.4, 0.5) is 32.3 Å². The number of aliphatic carboxylic acids is 2. The Morgan fingerprint density at radius 3 is 2.04 bits per heavy atom. The third-order valence-corrected chi connectivity index (χ3v) is 5.85. The molecule has 3 aromatic heterocycles. The lowest BCUT2D eigenvalue weighted by Crippen LogP contribution is -2.31. The van der Waals surface area contributed by atoms with Gasteiger partial charge in [-0.25, -0.2) is 19.6 Å². The molecule has 1 aliphatic rings. The van der Waals surface area contributed by atoms with E-state index in [2.05, 4.69) is 20.4 Å². The molecule has 0 saturated heterocycles. The summed E-state index contributed by atoms with van der Waals surface area (Å²) in [6, 6.07) is 13.7. The van der Waals surface area contributed by atoms with E-state index in [4.69, 9.17) is 24.8 Å². The monoisotopic (exact) mass is 639 g/mol. The van der Waals surface area contributed by atoms with Crippen LogP contribution in [0.25, 0.3) is 11.3 Å². The zero-order valence-electron chi connectivity index (χ0n) is 23.0. The van der Waals surface area contributed by atoms with Crippen LogP contribution in [0.5, 0.6) is 0 Å². The number of amides is 1. The van der Waals surface area contributed by atoms with Gasteiger partial charge in [-0.15, -0.1) is 0 Å². The third-order valence-electron chi connectivity index (χ3n) is 5.85. The van der Waals surface area contributed by atoms with Crippen molar-refractivity contribution in [3.05, 3.63) is 89.6 Å². The van der Waals surface area contributed by atoms with E-state index in [1.807, 2.05) is 47.5 Å². The van der Waals surface area contributed by atoms with E-state index in [-0.39, 0.29) is 5.91 Å². The fraction of sp³-hybridized carbons (Fsp3) is 0.222. The van der Waals surface area contributed by atoms with E-state index in [9.17, 15) is 31.1 Å². The Labute approximate surface area is 250 Å². The van der Waals surface area contributed by atoms with Crippen molar-refractivity contribution >= 4 is 23.8 Å². The van der Waals surface area contributed by atoms with Gasteiger partial charge in [0.1, 0.15) is 5.69 Å². The minimum atomic E-state index is -5.08. The van der Waals surface area contributed by atoms with E-state index in [1.165, 1.54) is 0 Å². The lowest BCUT2D eigenvalue weighted by Gasteiger charge is -2.21. The Balaban J connectivity index is 0.000000331. The van der Waals surface area contributed by atoms with Gasteiger partial charge in [-0.05, 0) is 23.3 Å². The predicted octanol–water partition coefficient (Wildman–Crippen LogP) is 4.31. The highest BCUT2D eigenvalue weighted by Crippen LogP contribution is 2.32. The molecular weight excluding hydrogens is 616 g/mol. The maximum Gasteiger partial charge on any atom is 0.490 e. The molecule has 0 bridgehead atoms. The zero-order chi connectivity index (χ0) is 33.4. The third kappa shape index (κ3) is 9.47. The van der Waals surface area contributed by atoms with Crippen LogP contribution >= 0.6 is 0 Å². The minimum Gasteiger partial charge on any atom is -0.475 e. The zero-order valence-corrected chi connectivity index (χ0v) is 23.0. The summed E-state index contributed by atoms with van der Waals surface area (Å²) in [5.74, 6) is -5.04. The van der Waals surface area contributed by atoms with E-state index >= 15 is 0 Å². The van der Waals surface area contributed by atoms with Gasteiger partial charge in [-0.2, -0.15) is 31.4 Å². The number of nitrogens with zero attached hydrogens (tertiary/aromatic N) is 6. The summed E-state index contributed by atoms with van der Waals surface area (Å²) in [5.41, 5.74) is 5.43. The highest BCUT2D eigenvalue weighted by atomic mass is 19.4. The van der Waals surface area contributed by atoms with Crippen LogP contribution in [0.2, 0.25) is 0 Å². The Morgan fingerprint density at radius 2 is 1.49 bits per heavy atom. The molecule has 0 radical (unpaired) electrons. The van der Waals surface area contributed by atoms with Crippen molar-refractivity contribution in [2.24, 2.45) is 7.05 Å². The number of halogens is 6. The first-order chi connectivity index (χ1) is 21.1. The molecule has 1 aromatic carbocycles. The largest absolute Gasteiger partial charge is 0.490 e. The molecule has 238 valence electrons. The average molecular weight is 640 g/mol. The average Bonchev–Trinajstić information content (AvgIpc) is 3.34. The molecule has 0 saturated carbocycles. The van der Waals surface area contributed by atoms with Crippen LogP contribution < -0.4 is 5.32 Å². The standard InChI is InChI=1S/C23H21N7O.2C2HF3O2/c1-29-20(8-10-27-29)22(31)30-14-17-6-2-3-7-19(17)21-18(15-30)13-26-23(28-21)25-12-16-5-4-9-24-11-16;2*3-2(4,5)1(6)7/h2-11,13H,12,14-15H2,1H3,(H,25,26,28);2*(H,6,7). The van der Waals surface area contributed by atoms with E-state index < -0.39 is 24.3 Å². The van der Waals surface area contributed by atoms with Crippen molar-refractivity contribution in [3.63, 3.8) is 0 Å². The van der Waals surface area contributed by atoms with Crippen LogP contribution in [0.15, 0.2) is 67.3 Å². The molecule has 4 heterocycles. The number of benzene rings is 1. The van der Waals surface area contributed by atoms with Crippen LogP contribution in [0.3, 0.4) is 0 Å². The summed E-state index contributed by atoms with van der Waals surface area (Å²) in [6.07, 6.45) is -3.17. The molecule has 0 unspecified atom stereocenters. The highest BCUT2D eigenvalue weighted by molar-refractivity contribution is 5.93. The summed E-state index contributed by atoms with van der Waals surface area (Å²) in [4.78, 5) is 46.2. The number of pyridine rings is 1. The van der Waals surface area contributed by atoms with E-state index in [0.29, 0.717) is 31.3 Å². The van der Waals surface area contributed by atoms with E-state index in [1.54, 1.807) is 36.4 Å². The van der Waals surface area contributed by atoms with Crippen molar-refractivity contribution in [2.75, 3.05) is 5.32 Å². The van der Waals surface area contributed by atoms with Crippen molar-refractivity contribution in [1.29, 1.82) is 0 Å². The Hall–Kier alpha value is -5.55. The Kier molecular flexibility index (Phi) is 10.8. The number of carbonyl (C=O) groups is 3. The molecule has 18 heteroatoms. The number of aryl methyl sites for hydroxylation is 1. The maximum atomic E-state index is 13.2. The fourth-order valence-electron chi connectivity index (χ4n) is 3.77. The summed E-state index contributed by atoms with van der Waals surface area (Å²) in [5, 5.41) is 21.7. The normalized spacial score (nSPS) is 12.2. The van der Waals surface area contributed by atoms with Crippen LogP contribution in [-0.4, -0.2) is 70.0 Å². The Bertz CT molecular complexity index is 1620. The van der Waals surface area contributed by atoms with Crippen LogP contribution in [0.1, 0.15) is 27.2 Å². The number of alkyl halides is 6. The number of carbonyl (C=O) groups excluding carboxylic acids is 1. The van der Waals surface area contributed by atoms with Crippen molar-refractivity contribution in [2.45, 2.75) is 32.0 Å². The topological polar surface area (TPSA) is 163 Å². The smallest absolute Gasteiger partial charge is 0.475 e. The lowest BCUT2D eigenvalue weighted by molar-refractivity contribution is -0.193. The van der Waals surface area contributed by atoms with Crippen LogP contribution in [0, 0.1) is 0 Å². The molecule has 1 amide bonds. The second kappa shape index (κ2) is 14.3. The molecule has 4 aromatic rings. The second-order valence-electron chi connectivity index (χ2n) is 9.05. The summed E-state index contributed by atoms with van der Waals surface area (Å²) in [6.45, 7) is 1.51. The fourth-order valence-corrected chi connectivity index (χ4v) is 3.77. The summed E-state index contributed by atoms with van der Waals surface area (Å²) in [7, 11) is 1.77. The number of carboxylic acids is 2. The maximum absolute atomic E-state index is 13.2. The molecule has 0 aliphatic carbocycles. The van der Waals surface area contributed by atoms with Gasteiger partial charge in [-0.3, -0.25) is 14.5 Å². The quantitative estimate of drug-likeness (QED) is 0.274. The van der Waals surface area contributed by atoms with Crippen molar-refractivity contribution in [1.82, 2.24) is 29.6 Å². The van der Waals surface area contributed by atoms with Crippen molar-refractivity contribution < 1.29 is 50.9 Å².